The first-order chi connectivity index (χ1) is 12.6. The predicted octanol–water partition coefficient (Wildman–Crippen LogP) is 3.99. The predicted molar refractivity (Wildman–Crippen MR) is 105 cm³/mol. The van der Waals surface area contributed by atoms with Crippen molar-refractivity contribution < 1.29 is 14.3 Å². The monoisotopic (exact) mass is 394 g/mol. The Morgan fingerprint density at radius 3 is 2.77 bits per heavy atom. The number of amides is 1. The van der Waals surface area contributed by atoms with Gasteiger partial charge in [0.05, 0.1) is 11.1 Å². The maximum absolute atomic E-state index is 12.7. The largest absolute Gasteiger partial charge is 0.486 e. The van der Waals surface area contributed by atoms with Gasteiger partial charge in [0, 0.05) is 12.1 Å². The molecule has 1 aromatic carbocycles. The van der Waals surface area contributed by atoms with Crippen molar-refractivity contribution in [1.82, 2.24) is 10.2 Å². The highest BCUT2D eigenvalue weighted by Crippen LogP contribution is 2.38. The molecule has 140 valence electrons. The van der Waals surface area contributed by atoms with Crippen molar-refractivity contribution in [3.8, 4) is 11.5 Å². The van der Waals surface area contributed by atoms with E-state index in [1.165, 1.54) is 5.56 Å². The van der Waals surface area contributed by atoms with Gasteiger partial charge in [0.1, 0.15) is 13.2 Å². The molecule has 5 nitrogen and oxygen atoms in total. The summed E-state index contributed by atoms with van der Waals surface area (Å²) in [5.74, 6) is 0.858. The topological polar surface area (TPSA) is 50.8 Å². The van der Waals surface area contributed by atoms with Crippen LogP contribution in [0.2, 0.25) is 5.02 Å². The first-order valence-corrected chi connectivity index (χ1v) is 10.1. The van der Waals surface area contributed by atoms with Crippen LogP contribution in [-0.4, -0.2) is 43.7 Å². The van der Waals surface area contributed by atoms with Gasteiger partial charge in [-0.25, -0.2) is 0 Å². The lowest BCUT2D eigenvalue weighted by Crippen LogP contribution is -2.38. The Morgan fingerprint density at radius 2 is 2.08 bits per heavy atom. The summed E-state index contributed by atoms with van der Waals surface area (Å²) in [5, 5.41) is 7.63. The molecule has 1 atom stereocenters. The third-order valence-electron chi connectivity index (χ3n) is 4.50. The lowest BCUT2D eigenvalue weighted by atomic mass is 10.1. The molecule has 0 spiro atoms. The fourth-order valence-corrected chi connectivity index (χ4v) is 4.09. The van der Waals surface area contributed by atoms with E-state index in [-0.39, 0.29) is 11.9 Å². The minimum atomic E-state index is -0.170. The van der Waals surface area contributed by atoms with Crippen LogP contribution in [0.5, 0.6) is 11.5 Å². The normalized spacial score (nSPS) is 14.3. The molecule has 0 bridgehead atoms. The summed E-state index contributed by atoms with van der Waals surface area (Å²) in [7, 11) is 0. The van der Waals surface area contributed by atoms with Crippen molar-refractivity contribution in [2.45, 2.75) is 19.9 Å². The Bertz CT molecular complexity index is 747. The van der Waals surface area contributed by atoms with Gasteiger partial charge in [-0.3, -0.25) is 9.69 Å². The van der Waals surface area contributed by atoms with Crippen molar-refractivity contribution in [3.63, 3.8) is 0 Å². The zero-order valence-corrected chi connectivity index (χ0v) is 16.5. The molecule has 0 saturated heterocycles. The number of thiophene rings is 1. The second-order valence-corrected chi connectivity index (χ2v) is 7.17. The van der Waals surface area contributed by atoms with Gasteiger partial charge in [0.25, 0.3) is 5.91 Å². The number of hydrogen-bond donors (Lipinski definition) is 1. The highest BCUT2D eigenvalue weighted by Gasteiger charge is 2.22. The Hall–Kier alpha value is -1.76. The smallest absolute Gasteiger partial charge is 0.251 e. The van der Waals surface area contributed by atoms with Gasteiger partial charge in [-0.2, -0.15) is 11.3 Å². The van der Waals surface area contributed by atoms with Gasteiger partial charge >= 0.3 is 0 Å². The van der Waals surface area contributed by atoms with Crippen molar-refractivity contribution in [2.75, 3.05) is 32.8 Å². The van der Waals surface area contributed by atoms with Crippen molar-refractivity contribution >= 4 is 28.8 Å². The van der Waals surface area contributed by atoms with Crippen LogP contribution in [0.25, 0.3) is 0 Å². The molecule has 1 aliphatic rings. The average Bonchev–Trinajstić information content (AvgIpc) is 3.19. The lowest BCUT2D eigenvalue weighted by Gasteiger charge is -2.29. The quantitative estimate of drug-likeness (QED) is 0.771. The number of halogens is 1. The second-order valence-electron chi connectivity index (χ2n) is 5.99. The SMILES string of the molecule is CCN(CC)[C@H](CNC(=O)c1cc(Cl)c2c(c1)OCCO2)c1ccsc1. The third-order valence-corrected chi connectivity index (χ3v) is 5.48. The fourth-order valence-electron chi connectivity index (χ4n) is 3.12. The van der Waals surface area contributed by atoms with Gasteiger partial charge in [-0.05, 0) is 47.6 Å². The molecule has 1 amide bonds. The Labute approximate surface area is 162 Å². The van der Waals surface area contributed by atoms with Crippen LogP contribution in [0.4, 0.5) is 0 Å². The minimum Gasteiger partial charge on any atom is -0.486 e. The second kappa shape index (κ2) is 8.75. The molecule has 1 aromatic heterocycles. The van der Waals surface area contributed by atoms with Crippen LogP contribution >= 0.6 is 22.9 Å². The van der Waals surface area contributed by atoms with E-state index in [0.717, 1.165) is 13.1 Å². The van der Waals surface area contributed by atoms with E-state index < -0.39 is 0 Å². The first kappa shape index (κ1) is 19.0. The highest BCUT2D eigenvalue weighted by atomic mass is 35.5. The maximum Gasteiger partial charge on any atom is 0.251 e. The number of carbonyl (C=O) groups is 1. The summed E-state index contributed by atoms with van der Waals surface area (Å²) in [6, 6.07) is 5.57. The molecule has 0 aliphatic carbocycles. The summed E-state index contributed by atoms with van der Waals surface area (Å²) in [5.41, 5.74) is 1.70. The molecular weight excluding hydrogens is 372 g/mol. The molecule has 2 aromatic rings. The molecule has 0 radical (unpaired) electrons. The number of nitrogens with one attached hydrogen (secondary N) is 1. The van der Waals surface area contributed by atoms with E-state index in [9.17, 15) is 4.79 Å². The first-order valence-electron chi connectivity index (χ1n) is 8.77. The average molecular weight is 395 g/mol. The summed E-state index contributed by atoms with van der Waals surface area (Å²) >= 11 is 7.91. The minimum absolute atomic E-state index is 0.146. The van der Waals surface area contributed by atoms with Crippen molar-refractivity contribution in [1.29, 1.82) is 0 Å². The van der Waals surface area contributed by atoms with Gasteiger partial charge in [0.2, 0.25) is 0 Å². The molecule has 26 heavy (non-hydrogen) atoms. The van der Waals surface area contributed by atoms with Crippen LogP contribution in [0.1, 0.15) is 35.8 Å². The number of nitrogens with zero attached hydrogens (tertiary/aromatic N) is 1. The van der Waals surface area contributed by atoms with Crippen LogP contribution < -0.4 is 14.8 Å². The van der Waals surface area contributed by atoms with E-state index in [1.807, 2.05) is 0 Å². The lowest BCUT2D eigenvalue weighted by molar-refractivity contribution is 0.0934. The Balaban J connectivity index is 1.73. The van der Waals surface area contributed by atoms with Crippen LogP contribution in [-0.2, 0) is 0 Å². The number of fused-ring (bicyclic) bond motifs is 1. The summed E-state index contributed by atoms with van der Waals surface area (Å²) in [6.45, 7) is 7.55. The number of ether oxygens (including phenoxy) is 2. The van der Waals surface area contributed by atoms with Gasteiger partial charge in [-0.1, -0.05) is 25.4 Å². The van der Waals surface area contributed by atoms with Gasteiger partial charge < -0.3 is 14.8 Å². The number of likely N-dealkylation sites (N-methyl/N-ethyl adjacent to an activating group) is 1. The Kier molecular flexibility index (Phi) is 6.40. The van der Waals surface area contributed by atoms with Crippen LogP contribution in [0.3, 0.4) is 0 Å². The number of benzene rings is 1. The third kappa shape index (κ3) is 4.14. The van der Waals surface area contributed by atoms with E-state index in [1.54, 1.807) is 23.5 Å². The highest BCUT2D eigenvalue weighted by molar-refractivity contribution is 7.08. The Morgan fingerprint density at radius 1 is 1.31 bits per heavy atom. The van der Waals surface area contributed by atoms with E-state index in [0.29, 0.717) is 41.8 Å². The van der Waals surface area contributed by atoms with Crippen molar-refractivity contribution in [3.05, 3.63) is 45.1 Å². The maximum atomic E-state index is 12.7. The zero-order chi connectivity index (χ0) is 18.5. The van der Waals surface area contributed by atoms with E-state index in [4.69, 9.17) is 21.1 Å². The van der Waals surface area contributed by atoms with Crippen molar-refractivity contribution in [2.24, 2.45) is 0 Å². The standard InChI is InChI=1S/C19H23ClN2O3S/c1-3-22(4-2)16(13-5-8-26-12-13)11-21-19(23)14-9-15(20)18-17(10-14)24-6-7-25-18/h5,8-10,12,16H,3-4,6-7,11H2,1-2H3,(H,21,23)/t16-/m1/s1. The molecule has 7 heteroatoms. The van der Waals surface area contributed by atoms with Gasteiger partial charge in [0.15, 0.2) is 11.5 Å². The summed E-state index contributed by atoms with van der Waals surface area (Å²) in [4.78, 5) is 15.0. The van der Waals surface area contributed by atoms with Gasteiger partial charge in [-0.15, -0.1) is 0 Å². The molecule has 0 fully saturated rings. The zero-order valence-electron chi connectivity index (χ0n) is 15.0. The molecular formula is C19H23ClN2O3S. The fraction of sp³-hybridized carbons (Fsp3) is 0.421. The number of hydrogen-bond acceptors (Lipinski definition) is 5. The summed E-state index contributed by atoms with van der Waals surface area (Å²) < 4.78 is 11.1. The van der Waals surface area contributed by atoms with Crippen LogP contribution in [0, 0.1) is 0 Å². The molecule has 1 aliphatic heterocycles. The molecule has 0 unspecified atom stereocenters. The number of rotatable bonds is 7. The van der Waals surface area contributed by atoms with E-state index in [2.05, 4.69) is 40.9 Å². The van der Waals surface area contributed by atoms with Crippen LogP contribution in [0.15, 0.2) is 29.0 Å². The summed E-state index contributed by atoms with van der Waals surface area (Å²) in [6.07, 6.45) is 0. The van der Waals surface area contributed by atoms with E-state index >= 15 is 0 Å². The molecule has 2 heterocycles. The molecule has 0 saturated carbocycles. The molecule has 3 rings (SSSR count). The molecule has 1 N–H and O–H groups in total. The number of carbonyl (C=O) groups excluding carboxylic acids is 1.